The average molecular weight is 304 g/mol. The highest BCUT2D eigenvalue weighted by Gasteiger charge is 2.19. The Morgan fingerprint density at radius 1 is 1.24 bits per heavy atom. The molecule has 0 fully saturated rings. The molecule has 2 rings (SSSR count). The maximum atomic E-state index is 9.59. The highest BCUT2D eigenvalue weighted by Crippen LogP contribution is 2.35. The number of aromatic nitrogens is 1. The van der Waals surface area contributed by atoms with Gasteiger partial charge in [-0.3, -0.25) is 0 Å². The van der Waals surface area contributed by atoms with Crippen LogP contribution in [-0.4, -0.2) is 16.6 Å². The van der Waals surface area contributed by atoms with Crippen molar-refractivity contribution in [3.63, 3.8) is 0 Å². The normalized spacial score (nSPS) is 12.4. The van der Waals surface area contributed by atoms with Gasteiger partial charge in [-0.15, -0.1) is 0 Å². The van der Waals surface area contributed by atoms with Crippen LogP contribution in [0.2, 0.25) is 0 Å². The summed E-state index contributed by atoms with van der Waals surface area (Å²) in [7, 11) is 0. The molecular weight excluding hydrogens is 280 g/mol. The SMILES string of the molecule is CCC(C)c1nc(N(CC)c2ccc(C)cc2)sc1CO. The fraction of sp³-hybridized carbons (Fsp3) is 0.471. The van der Waals surface area contributed by atoms with E-state index in [4.69, 9.17) is 4.98 Å². The van der Waals surface area contributed by atoms with Crippen LogP contribution in [0.1, 0.15) is 49.2 Å². The highest BCUT2D eigenvalue weighted by molar-refractivity contribution is 7.15. The molecule has 0 radical (unpaired) electrons. The summed E-state index contributed by atoms with van der Waals surface area (Å²) in [6.45, 7) is 9.48. The van der Waals surface area contributed by atoms with Crippen molar-refractivity contribution in [1.29, 1.82) is 0 Å². The van der Waals surface area contributed by atoms with E-state index in [2.05, 4.69) is 56.9 Å². The molecular formula is C17H24N2OS. The van der Waals surface area contributed by atoms with E-state index in [0.717, 1.165) is 34.4 Å². The summed E-state index contributed by atoms with van der Waals surface area (Å²) >= 11 is 1.60. The molecule has 1 aromatic heterocycles. The summed E-state index contributed by atoms with van der Waals surface area (Å²) in [5, 5.41) is 10.6. The molecule has 0 aliphatic carbocycles. The summed E-state index contributed by atoms with van der Waals surface area (Å²) in [6, 6.07) is 8.49. The molecule has 4 heteroatoms. The number of aliphatic hydroxyl groups excluding tert-OH is 1. The Kier molecular flexibility index (Phi) is 5.37. The quantitative estimate of drug-likeness (QED) is 0.846. The lowest BCUT2D eigenvalue weighted by atomic mass is 10.0. The number of nitrogens with zero attached hydrogens (tertiary/aromatic N) is 2. The summed E-state index contributed by atoms with van der Waals surface area (Å²) < 4.78 is 0. The van der Waals surface area contributed by atoms with E-state index in [-0.39, 0.29) is 6.61 Å². The van der Waals surface area contributed by atoms with Crippen LogP contribution in [0.4, 0.5) is 10.8 Å². The molecule has 0 saturated heterocycles. The lowest BCUT2D eigenvalue weighted by Crippen LogP contribution is -2.15. The fourth-order valence-electron chi connectivity index (χ4n) is 2.31. The zero-order valence-electron chi connectivity index (χ0n) is 13.3. The van der Waals surface area contributed by atoms with Crippen molar-refractivity contribution < 1.29 is 5.11 Å². The van der Waals surface area contributed by atoms with Crippen molar-refractivity contribution in [2.75, 3.05) is 11.4 Å². The third-order valence-corrected chi connectivity index (χ3v) is 4.91. The van der Waals surface area contributed by atoms with Crippen LogP contribution in [0.5, 0.6) is 0 Å². The van der Waals surface area contributed by atoms with Crippen LogP contribution < -0.4 is 4.90 Å². The Hall–Kier alpha value is -1.39. The molecule has 1 aromatic carbocycles. The minimum absolute atomic E-state index is 0.0722. The predicted molar refractivity (Wildman–Crippen MR) is 90.6 cm³/mol. The zero-order chi connectivity index (χ0) is 15.4. The average Bonchev–Trinajstić information content (AvgIpc) is 2.93. The second-order valence-electron chi connectivity index (χ2n) is 5.35. The minimum atomic E-state index is 0.0722. The Morgan fingerprint density at radius 2 is 1.90 bits per heavy atom. The second-order valence-corrected chi connectivity index (χ2v) is 6.41. The number of benzene rings is 1. The van der Waals surface area contributed by atoms with Gasteiger partial charge in [0.05, 0.1) is 17.2 Å². The van der Waals surface area contributed by atoms with Gasteiger partial charge in [0.25, 0.3) is 0 Å². The van der Waals surface area contributed by atoms with Crippen molar-refractivity contribution in [1.82, 2.24) is 4.98 Å². The van der Waals surface area contributed by atoms with Crippen LogP contribution in [0, 0.1) is 6.92 Å². The van der Waals surface area contributed by atoms with Gasteiger partial charge >= 0.3 is 0 Å². The van der Waals surface area contributed by atoms with Crippen molar-refractivity contribution in [2.24, 2.45) is 0 Å². The van der Waals surface area contributed by atoms with Gasteiger partial charge in [0.2, 0.25) is 0 Å². The van der Waals surface area contributed by atoms with E-state index in [9.17, 15) is 5.11 Å². The molecule has 0 amide bonds. The van der Waals surface area contributed by atoms with Gasteiger partial charge in [-0.1, -0.05) is 42.9 Å². The van der Waals surface area contributed by atoms with Crippen LogP contribution in [0.3, 0.4) is 0 Å². The van der Waals surface area contributed by atoms with Crippen molar-refractivity contribution in [2.45, 2.75) is 46.6 Å². The second kappa shape index (κ2) is 7.05. The number of anilines is 2. The topological polar surface area (TPSA) is 36.4 Å². The first-order valence-electron chi connectivity index (χ1n) is 7.55. The first-order valence-corrected chi connectivity index (χ1v) is 8.37. The highest BCUT2D eigenvalue weighted by atomic mass is 32.1. The molecule has 0 aliphatic rings. The Morgan fingerprint density at radius 3 is 2.43 bits per heavy atom. The standard InChI is InChI=1S/C17H24N2OS/c1-5-13(4)16-15(11-20)21-17(18-16)19(6-2)14-9-7-12(3)8-10-14/h7-10,13,20H,5-6,11H2,1-4H3. The van der Waals surface area contributed by atoms with Crippen molar-refractivity contribution in [3.05, 3.63) is 40.4 Å². The van der Waals surface area contributed by atoms with Crippen LogP contribution >= 0.6 is 11.3 Å². The van der Waals surface area contributed by atoms with Crippen LogP contribution in [0.25, 0.3) is 0 Å². The lowest BCUT2D eigenvalue weighted by Gasteiger charge is -2.20. The van der Waals surface area contributed by atoms with Gasteiger partial charge in [-0.25, -0.2) is 4.98 Å². The minimum Gasteiger partial charge on any atom is -0.391 e. The fourth-order valence-corrected chi connectivity index (χ4v) is 3.44. The summed E-state index contributed by atoms with van der Waals surface area (Å²) in [4.78, 5) is 8.00. The first-order chi connectivity index (χ1) is 10.1. The van der Waals surface area contributed by atoms with E-state index in [1.165, 1.54) is 5.56 Å². The molecule has 1 atom stereocenters. The van der Waals surface area contributed by atoms with E-state index in [0.29, 0.717) is 5.92 Å². The molecule has 0 spiro atoms. The molecule has 3 nitrogen and oxygen atoms in total. The van der Waals surface area contributed by atoms with Gasteiger partial charge in [0.1, 0.15) is 0 Å². The lowest BCUT2D eigenvalue weighted by molar-refractivity contribution is 0.283. The Balaban J connectivity index is 2.38. The van der Waals surface area contributed by atoms with E-state index >= 15 is 0 Å². The number of aryl methyl sites for hydroxylation is 1. The Bertz CT molecular complexity index is 577. The number of rotatable bonds is 6. The van der Waals surface area contributed by atoms with E-state index in [1.54, 1.807) is 11.3 Å². The molecule has 1 N–H and O–H groups in total. The predicted octanol–water partition coefficient (Wildman–Crippen LogP) is 4.62. The molecule has 2 aromatic rings. The maximum Gasteiger partial charge on any atom is 0.190 e. The van der Waals surface area contributed by atoms with Gasteiger partial charge in [-0.05, 0) is 38.3 Å². The summed E-state index contributed by atoms with van der Waals surface area (Å²) in [5.74, 6) is 0.383. The number of hydrogen-bond acceptors (Lipinski definition) is 4. The van der Waals surface area contributed by atoms with Gasteiger partial charge in [0.15, 0.2) is 5.13 Å². The molecule has 0 aliphatic heterocycles. The molecule has 1 heterocycles. The summed E-state index contributed by atoms with van der Waals surface area (Å²) in [6.07, 6.45) is 1.03. The van der Waals surface area contributed by atoms with Gasteiger partial charge in [0, 0.05) is 12.2 Å². The number of thiazole rings is 1. The number of aliphatic hydroxyl groups is 1. The molecule has 114 valence electrons. The van der Waals surface area contributed by atoms with Crippen molar-refractivity contribution in [3.8, 4) is 0 Å². The molecule has 0 bridgehead atoms. The number of hydrogen-bond donors (Lipinski definition) is 1. The van der Waals surface area contributed by atoms with E-state index in [1.807, 2.05) is 0 Å². The van der Waals surface area contributed by atoms with E-state index < -0.39 is 0 Å². The van der Waals surface area contributed by atoms with Gasteiger partial charge in [-0.2, -0.15) is 0 Å². The monoisotopic (exact) mass is 304 g/mol. The maximum absolute atomic E-state index is 9.59. The summed E-state index contributed by atoms with van der Waals surface area (Å²) in [5.41, 5.74) is 3.45. The smallest absolute Gasteiger partial charge is 0.190 e. The Labute approximate surface area is 131 Å². The molecule has 21 heavy (non-hydrogen) atoms. The zero-order valence-corrected chi connectivity index (χ0v) is 14.1. The van der Waals surface area contributed by atoms with Crippen LogP contribution in [-0.2, 0) is 6.61 Å². The van der Waals surface area contributed by atoms with Gasteiger partial charge < -0.3 is 10.0 Å². The third kappa shape index (κ3) is 3.44. The largest absolute Gasteiger partial charge is 0.391 e. The molecule has 1 unspecified atom stereocenters. The third-order valence-electron chi connectivity index (χ3n) is 3.83. The first kappa shape index (κ1) is 16.0. The van der Waals surface area contributed by atoms with Crippen LogP contribution in [0.15, 0.2) is 24.3 Å². The van der Waals surface area contributed by atoms with Crippen molar-refractivity contribution >= 4 is 22.2 Å². The molecule has 0 saturated carbocycles.